The Hall–Kier alpha value is -3.06. The highest BCUT2D eigenvalue weighted by molar-refractivity contribution is 6.30. The summed E-state index contributed by atoms with van der Waals surface area (Å²) in [7, 11) is 0. The fourth-order valence-electron chi connectivity index (χ4n) is 5.25. The Bertz CT molecular complexity index is 1100. The third kappa shape index (κ3) is 5.01. The minimum absolute atomic E-state index is 0.0554. The number of halogens is 1. The van der Waals surface area contributed by atoms with Crippen molar-refractivity contribution in [3.8, 4) is 5.75 Å². The average Bonchev–Trinajstić information content (AvgIpc) is 2.92. The SMILES string of the molecule is O=C(c1ccc(Cl)cc1)N1CCC[C@H](C(=O)N2C[C@@H](C(=O)N3CCCCC3)Oc3ccccc32)C1. The van der Waals surface area contributed by atoms with E-state index in [0.29, 0.717) is 41.5 Å². The van der Waals surface area contributed by atoms with Crippen LogP contribution in [-0.2, 0) is 9.59 Å². The number of benzene rings is 2. The number of carbonyl (C=O) groups excluding carboxylic acids is 3. The summed E-state index contributed by atoms with van der Waals surface area (Å²) < 4.78 is 6.08. The van der Waals surface area contributed by atoms with Crippen molar-refractivity contribution in [3.63, 3.8) is 0 Å². The summed E-state index contributed by atoms with van der Waals surface area (Å²) in [5, 5.41) is 0.577. The first-order chi connectivity index (χ1) is 17.0. The maximum atomic E-state index is 13.8. The second-order valence-electron chi connectivity index (χ2n) is 9.51. The molecular weight excluding hydrogens is 466 g/mol. The lowest BCUT2D eigenvalue weighted by Gasteiger charge is -2.40. The van der Waals surface area contributed by atoms with Gasteiger partial charge in [0.2, 0.25) is 5.91 Å². The maximum Gasteiger partial charge on any atom is 0.265 e. The number of hydrogen-bond acceptors (Lipinski definition) is 4. The second kappa shape index (κ2) is 10.3. The number of ether oxygens (including phenoxy) is 1. The molecule has 2 atom stereocenters. The van der Waals surface area contributed by atoms with Crippen molar-refractivity contribution in [2.24, 2.45) is 5.92 Å². The summed E-state index contributed by atoms with van der Waals surface area (Å²) in [6, 6.07) is 14.2. The van der Waals surface area contributed by atoms with Gasteiger partial charge in [0, 0.05) is 36.8 Å². The normalized spacial score (nSPS) is 22.3. The molecule has 3 aliphatic heterocycles. The van der Waals surface area contributed by atoms with E-state index in [1.807, 2.05) is 29.2 Å². The molecule has 184 valence electrons. The summed E-state index contributed by atoms with van der Waals surface area (Å²) in [6.45, 7) is 2.62. The number of hydrogen-bond donors (Lipinski definition) is 0. The van der Waals surface area contributed by atoms with Gasteiger partial charge in [-0.05, 0) is 68.5 Å². The number of anilines is 1. The molecule has 0 aromatic heterocycles. The number of likely N-dealkylation sites (tertiary alicyclic amines) is 2. The molecule has 2 saturated heterocycles. The Morgan fingerprint density at radius 3 is 2.29 bits per heavy atom. The number of fused-ring (bicyclic) bond motifs is 1. The van der Waals surface area contributed by atoms with Gasteiger partial charge in [-0.1, -0.05) is 23.7 Å². The van der Waals surface area contributed by atoms with Crippen molar-refractivity contribution in [1.29, 1.82) is 0 Å². The van der Waals surface area contributed by atoms with Gasteiger partial charge in [0.1, 0.15) is 5.75 Å². The Morgan fingerprint density at radius 1 is 0.800 bits per heavy atom. The monoisotopic (exact) mass is 495 g/mol. The Morgan fingerprint density at radius 2 is 1.51 bits per heavy atom. The molecule has 2 aromatic carbocycles. The van der Waals surface area contributed by atoms with Crippen molar-refractivity contribution < 1.29 is 19.1 Å². The number of piperidine rings is 2. The largest absolute Gasteiger partial charge is 0.476 e. The van der Waals surface area contributed by atoms with Crippen LogP contribution in [0.4, 0.5) is 5.69 Å². The van der Waals surface area contributed by atoms with Crippen LogP contribution in [0.1, 0.15) is 42.5 Å². The van der Waals surface area contributed by atoms with Gasteiger partial charge in [0.25, 0.3) is 11.8 Å². The van der Waals surface area contributed by atoms with Crippen molar-refractivity contribution in [2.45, 2.75) is 38.2 Å². The van der Waals surface area contributed by atoms with Gasteiger partial charge >= 0.3 is 0 Å². The minimum atomic E-state index is -0.720. The molecule has 0 unspecified atom stereocenters. The van der Waals surface area contributed by atoms with Gasteiger partial charge < -0.3 is 19.4 Å². The molecule has 0 N–H and O–H groups in total. The molecule has 7 nitrogen and oxygen atoms in total. The minimum Gasteiger partial charge on any atom is -0.476 e. The lowest BCUT2D eigenvalue weighted by Crippen LogP contribution is -2.55. The van der Waals surface area contributed by atoms with E-state index in [9.17, 15) is 14.4 Å². The standard InChI is InChI=1S/C27H30ClN3O4/c28-21-12-10-19(11-13-21)25(32)30-16-6-7-20(17-30)26(33)31-18-24(27(34)29-14-4-1-5-15-29)35-23-9-3-2-8-22(23)31/h2-3,8-13,20,24H,1,4-7,14-18H2/t20-,24-/m0/s1. The highest BCUT2D eigenvalue weighted by Crippen LogP contribution is 2.35. The van der Waals surface area contributed by atoms with E-state index in [4.69, 9.17) is 16.3 Å². The predicted octanol–water partition coefficient (Wildman–Crippen LogP) is 4.00. The average molecular weight is 496 g/mol. The number of nitrogens with zero attached hydrogens (tertiary/aromatic N) is 3. The lowest BCUT2D eigenvalue weighted by molar-refractivity contribution is -0.139. The zero-order valence-corrected chi connectivity index (χ0v) is 20.5. The molecule has 0 radical (unpaired) electrons. The van der Waals surface area contributed by atoms with Crippen molar-refractivity contribution in [2.75, 3.05) is 37.6 Å². The third-order valence-corrected chi connectivity index (χ3v) is 7.38. The number of rotatable bonds is 3. The van der Waals surface area contributed by atoms with Gasteiger partial charge in [-0.25, -0.2) is 0 Å². The molecule has 0 spiro atoms. The molecule has 3 aliphatic rings. The number of amides is 3. The Labute approximate surface area is 210 Å². The lowest BCUT2D eigenvalue weighted by atomic mass is 9.95. The smallest absolute Gasteiger partial charge is 0.265 e. The van der Waals surface area contributed by atoms with E-state index in [2.05, 4.69) is 0 Å². The van der Waals surface area contributed by atoms with E-state index in [-0.39, 0.29) is 30.2 Å². The van der Waals surface area contributed by atoms with Crippen LogP contribution in [0.15, 0.2) is 48.5 Å². The van der Waals surface area contributed by atoms with Crippen molar-refractivity contribution in [1.82, 2.24) is 9.80 Å². The van der Waals surface area contributed by atoms with Crippen LogP contribution in [-0.4, -0.2) is 66.3 Å². The topological polar surface area (TPSA) is 70.2 Å². The molecule has 0 aliphatic carbocycles. The van der Waals surface area contributed by atoms with Crippen LogP contribution in [0.3, 0.4) is 0 Å². The van der Waals surface area contributed by atoms with Crippen molar-refractivity contribution in [3.05, 3.63) is 59.1 Å². The first kappa shape index (κ1) is 23.7. The summed E-state index contributed by atoms with van der Waals surface area (Å²) in [6.07, 6.45) is 3.86. The molecule has 5 rings (SSSR count). The maximum absolute atomic E-state index is 13.8. The fourth-order valence-corrected chi connectivity index (χ4v) is 5.37. The van der Waals surface area contributed by atoms with Gasteiger partial charge in [-0.15, -0.1) is 0 Å². The zero-order valence-electron chi connectivity index (χ0n) is 19.7. The van der Waals surface area contributed by atoms with Crippen molar-refractivity contribution >= 4 is 35.0 Å². The van der Waals surface area contributed by atoms with Gasteiger partial charge in [0.05, 0.1) is 18.2 Å². The van der Waals surface area contributed by atoms with Crippen LogP contribution < -0.4 is 9.64 Å². The quantitative estimate of drug-likeness (QED) is 0.645. The Balaban J connectivity index is 1.33. The molecule has 8 heteroatoms. The van der Waals surface area contributed by atoms with E-state index >= 15 is 0 Å². The zero-order chi connectivity index (χ0) is 24.4. The highest BCUT2D eigenvalue weighted by atomic mass is 35.5. The van der Waals surface area contributed by atoms with E-state index in [1.165, 1.54) is 0 Å². The summed E-state index contributed by atoms with van der Waals surface area (Å²) in [5.74, 6) is -0.00468. The molecule has 3 heterocycles. The molecule has 0 saturated carbocycles. The fraction of sp³-hybridized carbons (Fsp3) is 0.444. The van der Waals surface area contributed by atoms with Gasteiger partial charge in [0.15, 0.2) is 6.10 Å². The summed E-state index contributed by atoms with van der Waals surface area (Å²) in [4.78, 5) is 45.4. The van der Waals surface area contributed by atoms with Crippen LogP contribution >= 0.6 is 11.6 Å². The van der Waals surface area contributed by atoms with Gasteiger partial charge in [-0.2, -0.15) is 0 Å². The van der Waals surface area contributed by atoms with Crippen LogP contribution in [0.25, 0.3) is 0 Å². The molecule has 2 aromatic rings. The Kier molecular flexibility index (Phi) is 6.95. The second-order valence-corrected chi connectivity index (χ2v) is 9.94. The molecule has 0 bridgehead atoms. The van der Waals surface area contributed by atoms with E-state index in [1.54, 1.807) is 34.1 Å². The number of carbonyl (C=O) groups is 3. The first-order valence-corrected chi connectivity index (χ1v) is 12.8. The molecule has 2 fully saturated rings. The van der Waals surface area contributed by atoms with Crippen LogP contribution in [0.2, 0.25) is 5.02 Å². The van der Waals surface area contributed by atoms with E-state index < -0.39 is 6.10 Å². The molecule has 35 heavy (non-hydrogen) atoms. The molecule has 3 amide bonds. The van der Waals surface area contributed by atoms with Crippen LogP contribution in [0, 0.1) is 5.92 Å². The predicted molar refractivity (Wildman–Crippen MR) is 134 cm³/mol. The number of para-hydroxylation sites is 2. The highest BCUT2D eigenvalue weighted by Gasteiger charge is 2.39. The summed E-state index contributed by atoms with van der Waals surface area (Å²) >= 11 is 5.97. The van der Waals surface area contributed by atoms with Crippen LogP contribution in [0.5, 0.6) is 5.75 Å². The summed E-state index contributed by atoms with van der Waals surface area (Å²) in [5.41, 5.74) is 1.24. The first-order valence-electron chi connectivity index (χ1n) is 12.4. The van der Waals surface area contributed by atoms with E-state index in [0.717, 1.165) is 38.8 Å². The third-order valence-electron chi connectivity index (χ3n) is 7.13. The van der Waals surface area contributed by atoms with Gasteiger partial charge in [-0.3, -0.25) is 14.4 Å². The molecular formula is C27H30ClN3O4.